The van der Waals surface area contributed by atoms with Crippen LogP contribution in [-0.4, -0.2) is 0 Å². The summed E-state index contributed by atoms with van der Waals surface area (Å²) in [5.74, 6) is 0. The van der Waals surface area contributed by atoms with Gasteiger partial charge in [0, 0.05) is 16.3 Å². The molecule has 11 aromatic rings. The molecule has 11 rings (SSSR count). The average molecular weight is 621 g/mol. The van der Waals surface area contributed by atoms with Crippen LogP contribution >= 0.6 is 0 Å². The molecule has 0 amide bonds. The molecule has 0 radical (unpaired) electrons. The van der Waals surface area contributed by atoms with E-state index >= 15 is 0 Å². The first-order chi connectivity index (χ1) is 24.3. The van der Waals surface area contributed by atoms with Crippen molar-refractivity contribution in [3.63, 3.8) is 0 Å². The molecular formula is C48H28O. The van der Waals surface area contributed by atoms with E-state index in [2.05, 4.69) is 170 Å². The molecule has 1 nitrogen and oxygen atoms in total. The third kappa shape index (κ3) is 3.87. The van der Waals surface area contributed by atoms with Crippen LogP contribution in [0.3, 0.4) is 0 Å². The molecule has 0 saturated heterocycles. The summed E-state index contributed by atoms with van der Waals surface area (Å²) in [4.78, 5) is 0. The Labute approximate surface area is 282 Å². The third-order valence-electron chi connectivity index (χ3n) is 10.6. The lowest BCUT2D eigenvalue weighted by Gasteiger charge is -2.15. The molecule has 0 saturated carbocycles. The summed E-state index contributed by atoms with van der Waals surface area (Å²) in [6, 6.07) is 62.0. The maximum absolute atomic E-state index is 6.91. The first-order valence-electron chi connectivity index (χ1n) is 16.9. The predicted octanol–water partition coefficient (Wildman–Crippen LogP) is 13.8. The van der Waals surface area contributed by atoms with Gasteiger partial charge in [-0.05, 0) is 99.9 Å². The van der Waals surface area contributed by atoms with E-state index in [4.69, 9.17) is 4.42 Å². The minimum atomic E-state index is 0.910. The molecule has 10 aromatic carbocycles. The fraction of sp³-hybridized carbons (Fsp3) is 0. The van der Waals surface area contributed by atoms with E-state index in [0.717, 1.165) is 33.1 Å². The minimum absolute atomic E-state index is 0.910. The van der Waals surface area contributed by atoms with Crippen LogP contribution < -0.4 is 0 Å². The Morgan fingerprint density at radius 3 is 1.67 bits per heavy atom. The van der Waals surface area contributed by atoms with Gasteiger partial charge in [0.15, 0.2) is 0 Å². The predicted molar refractivity (Wildman–Crippen MR) is 209 cm³/mol. The monoisotopic (exact) mass is 620 g/mol. The maximum Gasteiger partial charge on any atom is 0.143 e. The van der Waals surface area contributed by atoms with Gasteiger partial charge < -0.3 is 4.42 Å². The Morgan fingerprint density at radius 1 is 0.286 bits per heavy atom. The van der Waals surface area contributed by atoms with Crippen LogP contribution in [0.25, 0.3) is 109 Å². The van der Waals surface area contributed by atoms with Gasteiger partial charge in [-0.15, -0.1) is 0 Å². The topological polar surface area (TPSA) is 13.1 Å². The molecule has 49 heavy (non-hydrogen) atoms. The molecule has 0 spiro atoms. The molecule has 1 aromatic heterocycles. The lowest BCUT2D eigenvalue weighted by atomic mass is 9.87. The van der Waals surface area contributed by atoms with Gasteiger partial charge in [-0.1, -0.05) is 152 Å². The van der Waals surface area contributed by atoms with E-state index in [1.807, 2.05) is 0 Å². The first kappa shape index (κ1) is 26.6. The molecule has 226 valence electrons. The van der Waals surface area contributed by atoms with Crippen molar-refractivity contribution in [3.8, 4) is 33.4 Å². The van der Waals surface area contributed by atoms with Gasteiger partial charge in [0.1, 0.15) is 11.2 Å². The van der Waals surface area contributed by atoms with Crippen LogP contribution in [-0.2, 0) is 0 Å². The molecule has 0 aliphatic rings. The van der Waals surface area contributed by atoms with E-state index in [1.54, 1.807) is 0 Å². The summed E-state index contributed by atoms with van der Waals surface area (Å²) in [6.45, 7) is 0. The van der Waals surface area contributed by atoms with Crippen molar-refractivity contribution >= 4 is 75.8 Å². The van der Waals surface area contributed by atoms with Crippen LogP contribution in [0.15, 0.2) is 174 Å². The van der Waals surface area contributed by atoms with Crippen molar-refractivity contribution in [1.29, 1.82) is 0 Å². The second-order valence-electron chi connectivity index (χ2n) is 13.2. The normalized spacial score (nSPS) is 12.1. The average Bonchev–Trinajstić information content (AvgIpc) is 3.54. The van der Waals surface area contributed by atoms with Crippen molar-refractivity contribution < 1.29 is 4.42 Å². The van der Waals surface area contributed by atoms with Gasteiger partial charge in [-0.25, -0.2) is 0 Å². The van der Waals surface area contributed by atoms with Crippen molar-refractivity contribution in [3.05, 3.63) is 170 Å². The molecule has 0 unspecified atom stereocenters. The van der Waals surface area contributed by atoms with E-state index in [-0.39, 0.29) is 0 Å². The zero-order chi connectivity index (χ0) is 32.1. The third-order valence-corrected chi connectivity index (χ3v) is 10.6. The fourth-order valence-electron chi connectivity index (χ4n) is 8.29. The van der Waals surface area contributed by atoms with E-state index < -0.39 is 0 Å². The van der Waals surface area contributed by atoms with Gasteiger partial charge >= 0.3 is 0 Å². The van der Waals surface area contributed by atoms with E-state index in [1.165, 1.54) is 76.1 Å². The summed E-state index contributed by atoms with van der Waals surface area (Å²) in [6.07, 6.45) is 0. The van der Waals surface area contributed by atoms with Crippen molar-refractivity contribution in [2.45, 2.75) is 0 Å². The van der Waals surface area contributed by atoms with Crippen LogP contribution in [0, 0.1) is 0 Å². The molecule has 0 bridgehead atoms. The quantitative estimate of drug-likeness (QED) is 0.179. The number of hydrogen-bond donors (Lipinski definition) is 0. The maximum atomic E-state index is 6.91. The van der Waals surface area contributed by atoms with E-state index in [0.29, 0.717) is 0 Å². The van der Waals surface area contributed by atoms with Crippen LogP contribution in [0.4, 0.5) is 0 Å². The lowest BCUT2D eigenvalue weighted by Crippen LogP contribution is -1.89. The van der Waals surface area contributed by atoms with Gasteiger partial charge in [0.05, 0.1) is 0 Å². The van der Waals surface area contributed by atoms with Gasteiger partial charge in [-0.2, -0.15) is 0 Å². The van der Waals surface area contributed by atoms with Crippen molar-refractivity contribution in [2.24, 2.45) is 0 Å². The Balaban J connectivity index is 1.17. The SMILES string of the molecule is c1ccc2cc3c(cc2c1)oc1c(-c2ccc(-c4cccc5ccccc45)cc2)ccc(-c2ccc4ccc5cccc6ccc2c4c56)c13. The summed E-state index contributed by atoms with van der Waals surface area (Å²) in [7, 11) is 0. The molecule has 0 aliphatic heterocycles. The minimum Gasteiger partial charge on any atom is -0.455 e. The summed E-state index contributed by atoms with van der Waals surface area (Å²) in [5, 5.41) is 15.0. The number of fused-ring (bicyclic) bond motifs is 5. The smallest absolute Gasteiger partial charge is 0.143 e. The lowest BCUT2D eigenvalue weighted by molar-refractivity contribution is 0.670. The van der Waals surface area contributed by atoms with Crippen molar-refractivity contribution in [2.75, 3.05) is 0 Å². The Bertz CT molecular complexity index is 3070. The second kappa shape index (κ2) is 10.0. The molecule has 1 heterocycles. The fourth-order valence-corrected chi connectivity index (χ4v) is 8.29. The highest BCUT2D eigenvalue weighted by Gasteiger charge is 2.20. The number of hydrogen-bond acceptors (Lipinski definition) is 1. The Kier molecular flexibility index (Phi) is 5.45. The highest BCUT2D eigenvalue weighted by Crippen LogP contribution is 2.46. The molecule has 0 atom stereocenters. The summed E-state index contributed by atoms with van der Waals surface area (Å²) < 4.78 is 6.91. The number of rotatable bonds is 3. The highest BCUT2D eigenvalue weighted by atomic mass is 16.3. The second-order valence-corrected chi connectivity index (χ2v) is 13.2. The molecule has 0 aliphatic carbocycles. The molecule has 1 heteroatoms. The zero-order valence-electron chi connectivity index (χ0n) is 26.6. The standard InChI is InChI=1S/C48H28O/c1-2-9-36-28-44-43(27-35(36)8-1)47-42(40-23-21-34-20-19-32-11-5-12-33-22-24-41(40)46(34)45(32)33)26-25-39(48(47)49-44)31-17-15-30(16-18-31)38-14-6-10-29-7-3-4-13-37(29)38/h1-28H. The van der Waals surface area contributed by atoms with E-state index in [9.17, 15) is 0 Å². The van der Waals surface area contributed by atoms with Gasteiger partial charge in [-0.3, -0.25) is 0 Å². The Morgan fingerprint density at radius 2 is 0.857 bits per heavy atom. The van der Waals surface area contributed by atoms with Crippen LogP contribution in [0.1, 0.15) is 0 Å². The molecule has 0 N–H and O–H groups in total. The summed E-state index contributed by atoms with van der Waals surface area (Å²) >= 11 is 0. The Hall–Kier alpha value is -6.44. The van der Waals surface area contributed by atoms with Crippen LogP contribution in [0.2, 0.25) is 0 Å². The zero-order valence-corrected chi connectivity index (χ0v) is 26.6. The molecular weight excluding hydrogens is 593 g/mol. The highest BCUT2D eigenvalue weighted by molar-refractivity contribution is 6.27. The number of furan rings is 1. The first-order valence-corrected chi connectivity index (χ1v) is 16.9. The van der Waals surface area contributed by atoms with Crippen molar-refractivity contribution in [1.82, 2.24) is 0 Å². The molecule has 0 fully saturated rings. The van der Waals surface area contributed by atoms with Crippen LogP contribution in [0.5, 0.6) is 0 Å². The van der Waals surface area contributed by atoms with Gasteiger partial charge in [0.2, 0.25) is 0 Å². The number of benzene rings is 10. The van der Waals surface area contributed by atoms with Gasteiger partial charge in [0.25, 0.3) is 0 Å². The largest absolute Gasteiger partial charge is 0.455 e. The summed E-state index contributed by atoms with van der Waals surface area (Å²) in [5.41, 5.74) is 8.94.